The lowest BCUT2D eigenvalue weighted by Crippen LogP contribution is -2.40. The van der Waals surface area contributed by atoms with E-state index in [9.17, 15) is 0 Å². The standard InChI is InChI=1S/C21H28N6O.C6H6/c1-24-11-18(10-23)17-8-20-21(27-12-17)28-19(14-26-20)13-25-7-6-15-2-4-16(9-22)5-3-15;1-2-4-6-5-3-1/h2-5,8,10-12,19,25-26H,6-7,9,13-14,22-23H2,1H3;1-6H/b18-10+,24-11?;. The molecule has 1 atom stereocenters. The van der Waals surface area contributed by atoms with Crippen molar-refractivity contribution in [2.45, 2.75) is 19.1 Å². The maximum atomic E-state index is 6.01. The van der Waals surface area contributed by atoms with Crippen LogP contribution in [0.15, 0.2) is 84.1 Å². The molecule has 1 unspecified atom stereocenters. The van der Waals surface area contributed by atoms with Crippen molar-refractivity contribution in [2.75, 3.05) is 32.0 Å². The predicted octanol–water partition coefficient (Wildman–Crippen LogP) is 3.23. The quantitative estimate of drug-likeness (QED) is 0.305. The number of ether oxygens (including phenoxy) is 1. The normalized spacial score (nSPS) is 15.0. The Balaban J connectivity index is 0.000000469. The molecule has 4 rings (SSSR count). The minimum Gasteiger partial charge on any atom is -0.470 e. The molecule has 6 N–H and O–H groups in total. The fraction of sp³-hybridized carbons (Fsp3) is 0.259. The summed E-state index contributed by atoms with van der Waals surface area (Å²) >= 11 is 0. The fourth-order valence-electron chi connectivity index (χ4n) is 3.44. The zero-order valence-electron chi connectivity index (χ0n) is 19.7. The molecule has 0 spiro atoms. The van der Waals surface area contributed by atoms with Gasteiger partial charge < -0.3 is 26.8 Å². The molecule has 7 nitrogen and oxygen atoms in total. The number of aliphatic imine (C=N–C) groups is 1. The summed E-state index contributed by atoms with van der Waals surface area (Å²) in [5, 5.41) is 6.85. The number of hydrogen-bond acceptors (Lipinski definition) is 7. The van der Waals surface area contributed by atoms with Gasteiger partial charge in [-0.15, -0.1) is 0 Å². The largest absolute Gasteiger partial charge is 0.470 e. The number of nitrogens with two attached hydrogens (primary N) is 2. The fourth-order valence-corrected chi connectivity index (χ4v) is 3.44. The van der Waals surface area contributed by atoms with Crippen LogP contribution >= 0.6 is 0 Å². The van der Waals surface area contributed by atoms with E-state index in [0.717, 1.165) is 48.4 Å². The van der Waals surface area contributed by atoms with Crippen molar-refractivity contribution in [2.24, 2.45) is 16.5 Å². The van der Waals surface area contributed by atoms with Crippen LogP contribution in [0.2, 0.25) is 0 Å². The molecular formula is C27H34N6O. The lowest BCUT2D eigenvalue weighted by atomic mass is 10.1. The molecular weight excluding hydrogens is 424 g/mol. The molecule has 0 saturated carbocycles. The highest BCUT2D eigenvalue weighted by atomic mass is 16.5. The zero-order valence-corrected chi connectivity index (χ0v) is 19.7. The molecule has 2 heterocycles. The highest BCUT2D eigenvalue weighted by molar-refractivity contribution is 6.09. The van der Waals surface area contributed by atoms with Gasteiger partial charge in [0.25, 0.3) is 0 Å². The smallest absolute Gasteiger partial charge is 0.237 e. The lowest BCUT2D eigenvalue weighted by molar-refractivity contribution is 0.194. The number of fused-ring (bicyclic) bond motifs is 1. The third-order valence-corrected chi connectivity index (χ3v) is 5.32. The van der Waals surface area contributed by atoms with E-state index < -0.39 is 0 Å². The number of pyridine rings is 1. The predicted molar refractivity (Wildman–Crippen MR) is 141 cm³/mol. The highest BCUT2D eigenvalue weighted by Gasteiger charge is 2.20. The second kappa shape index (κ2) is 13.8. The van der Waals surface area contributed by atoms with E-state index in [1.807, 2.05) is 42.5 Å². The van der Waals surface area contributed by atoms with E-state index in [-0.39, 0.29) is 6.10 Å². The Morgan fingerprint density at radius 2 is 1.82 bits per heavy atom. The minimum absolute atomic E-state index is 0.0344. The Morgan fingerprint density at radius 3 is 2.44 bits per heavy atom. The molecule has 7 heteroatoms. The monoisotopic (exact) mass is 458 g/mol. The summed E-state index contributed by atoms with van der Waals surface area (Å²) in [7, 11) is 1.71. The van der Waals surface area contributed by atoms with Gasteiger partial charge in [-0.2, -0.15) is 0 Å². The summed E-state index contributed by atoms with van der Waals surface area (Å²) in [6.07, 6.45) is 5.99. The molecule has 178 valence electrons. The molecule has 2 aromatic carbocycles. The average Bonchev–Trinajstić information content (AvgIpc) is 2.91. The van der Waals surface area contributed by atoms with Crippen molar-refractivity contribution in [1.82, 2.24) is 10.3 Å². The van der Waals surface area contributed by atoms with Crippen LogP contribution in [0.5, 0.6) is 5.88 Å². The molecule has 0 amide bonds. The van der Waals surface area contributed by atoms with Gasteiger partial charge in [-0.1, -0.05) is 60.7 Å². The Bertz CT molecular complexity index is 1020. The van der Waals surface area contributed by atoms with E-state index in [0.29, 0.717) is 12.4 Å². The van der Waals surface area contributed by atoms with E-state index >= 15 is 0 Å². The van der Waals surface area contributed by atoms with E-state index in [4.69, 9.17) is 16.2 Å². The molecule has 0 radical (unpaired) electrons. The van der Waals surface area contributed by atoms with Crippen LogP contribution in [0.4, 0.5) is 5.69 Å². The first kappa shape index (κ1) is 25.0. The number of anilines is 1. The molecule has 0 aliphatic carbocycles. The van der Waals surface area contributed by atoms with Crippen LogP contribution in [0, 0.1) is 0 Å². The summed E-state index contributed by atoms with van der Waals surface area (Å²) in [6, 6.07) is 22.4. The second-order valence-corrected chi connectivity index (χ2v) is 7.84. The van der Waals surface area contributed by atoms with Crippen molar-refractivity contribution in [3.63, 3.8) is 0 Å². The Hall–Kier alpha value is -3.68. The van der Waals surface area contributed by atoms with E-state index in [1.165, 1.54) is 11.8 Å². The molecule has 1 aromatic heterocycles. The molecule has 0 bridgehead atoms. The van der Waals surface area contributed by atoms with Crippen molar-refractivity contribution >= 4 is 17.5 Å². The molecule has 0 fully saturated rings. The van der Waals surface area contributed by atoms with E-state index in [2.05, 4.69) is 44.9 Å². The van der Waals surface area contributed by atoms with E-state index in [1.54, 1.807) is 19.5 Å². The van der Waals surface area contributed by atoms with Crippen LogP contribution in [0.25, 0.3) is 5.57 Å². The maximum absolute atomic E-state index is 6.01. The molecule has 1 aliphatic rings. The number of benzene rings is 2. The summed E-state index contributed by atoms with van der Waals surface area (Å²) in [4.78, 5) is 8.44. The first-order chi connectivity index (χ1) is 16.7. The molecule has 34 heavy (non-hydrogen) atoms. The van der Waals surface area contributed by atoms with Gasteiger partial charge in [-0.25, -0.2) is 4.98 Å². The molecule has 0 saturated heterocycles. The number of hydrogen-bond donors (Lipinski definition) is 4. The second-order valence-electron chi connectivity index (χ2n) is 7.84. The summed E-state index contributed by atoms with van der Waals surface area (Å²) < 4.78 is 6.01. The van der Waals surface area contributed by atoms with Crippen molar-refractivity contribution in [3.05, 3.63) is 95.8 Å². The van der Waals surface area contributed by atoms with Crippen LogP contribution in [-0.2, 0) is 13.0 Å². The number of nitrogens with zero attached hydrogens (tertiary/aromatic N) is 2. The third-order valence-electron chi connectivity index (χ3n) is 5.32. The Kier molecular flexibility index (Phi) is 10.1. The van der Waals surface area contributed by atoms with Crippen molar-refractivity contribution in [1.29, 1.82) is 0 Å². The van der Waals surface area contributed by atoms with Gasteiger partial charge in [0.1, 0.15) is 6.10 Å². The average molecular weight is 459 g/mol. The number of aromatic nitrogens is 1. The molecule has 3 aromatic rings. The Morgan fingerprint density at radius 1 is 1.15 bits per heavy atom. The molecule has 1 aliphatic heterocycles. The van der Waals surface area contributed by atoms with Crippen molar-refractivity contribution < 1.29 is 4.74 Å². The Labute approximate surface area is 202 Å². The third kappa shape index (κ3) is 7.72. The number of allylic oxidation sites excluding steroid dienone is 1. The minimum atomic E-state index is 0.0344. The number of nitrogens with one attached hydrogen (secondary N) is 2. The lowest BCUT2D eigenvalue weighted by Gasteiger charge is -2.27. The van der Waals surface area contributed by atoms with Crippen LogP contribution in [0.1, 0.15) is 16.7 Å². The van der Waals surface area contributed by atoms with Crippen LogP contribution in [0.3, 0.4) is 0 Å². The summed E-state index contributed by atoms with van der Waals surface area (Å²) in [5.41, 5.74) is 16.3. The van der Waals surface area contributed by atoms with Gasteiger partial charge in [-0.3, -0.25) is 4.99 Å². The first-order valence-electron chi connectivity index (χ1n) is 11.5. The summed E-state index contributed by atoms with van der Waals surface area (Å²) in [6.45, 7) is 2.95. The van der Waals surface area contributed by atoms with Crippen LogP contribution in [-0.4, -0.2) is 44.0 Å². The van der Waals surface area contributed by atoms with Gasteiger partial charge >= 0.3 is 0 Å². The maximum Gasteiger partial charge on any atom is 0.237 e. The van der Waals surface area contributed by atoms with Gasteiger partial charge in [0.2, 0.25) is 5.88 Å². The van der Waals surface area contributed by atoms with Crippen molar-refractivity contribution in [3.8, 4) is 5.88 Å². The topological polar surface area (TPSA) is 111 Å². The number of rotatable bonds is 8. The SMILES string of the molecule is CN=C/C(=C\N)c1cnc2c(c1)NCC(CNCCc1ccc(CN)cc1)O2.c1ccccc1. The van der Waals surface area contributed by atoms with Gasteiger partial charge in [0, 0.05) is 49.9 Å². The van der Waals surface area contributed by atoms with Gasteiger partial charge in [-0.05, 0) is 30.2 Å². The van der Waals surface area contributed by atoms with Crippen LogP contribution < -0.4 is 26.8 Å². The highest BCUT2D eigenvalue weighted by Crippen LogP contribution is 2.29. The summed E-state index contributed by atoms with van der Waals surface area (Å²) in [5.74, 6) is 0.615. The van der Waals surface area contributed by atoms with Gasteiger partial charge in [0.15, 0.2) is 0 Å². The zero-order chi connectivity index (χ0) is 24.0. The van der Waals surface area contributed by atoms with Gasteiger partial charge in [0.05, 0.1) is 12.2 Å². The first-order valence-corrected chi connectivity index (χ1v) is 11.5.